The van der Waals surface area contributed by atoms with Gasteiger partial charge in [0.15, 0.2) is 16.9 Å². The average molecular weight is 644 g/mol. The number of Topliss-reactive ketones (excluding diaryl/α,β-unsaturated/α-hetero) is 1. The van der Waals surface area contributed by atoms with Crippen LogP contribution >= 0.6 is 0 Å². The number of aromatic nitrogens is 5. The normalized spacial score (nSPS) is 27.6. The Hall–Kier alpha value is -4.21. The van der Waals surface area contributed by atoms with Crippen LogP contribution in [0.2, 0.25) is 0 Å². The number of halogens is 3. The van der Waals surface area contributed by atoms with Gasteiger partial charge in [-0.3, -0.25) is 23.3 Å². The third-order valence-corrected chi connectivity index (χ3v) is 10.7. The van der Waals surface area contributed by atoms with Crippen LogP contribution in [0.1, 0.15) is 57.1 Å². The number of esters is 1. The van der Waals surface area contributed by atoms with E-state index in [-0.39, 0.29) is 22.9 Å². The summed E-state index contributed by atoms with van der Waals surface area (Å²) in [5.74, 6) is -1.83. The predicted octanol–water partition coefficient (Wildman–Crippen LogP) is 2.39. The number of rotatable bonds is 7. The Labute approximate surface area is 259 Å². The molecule has 0 radical (unpaired) electrons. The fourth-order valence-corrected chi connectivity index (χ4v) is 9.06. The molecule has 1 atom stereocenters. The van der Waals surface area contributed by atoms with E-state index in [1.54, 1.807) is 4.90 Å². The van der Waals surface area contributed by atoms with E-state index >= 15 is 0 Å². The number of carbonyl (C=O) groups excluding carboxylic acids is 2. The Morgan fingerprint density at radius 3 is 2.46 bits per heavy atom. The summed E-state index contributed by atoms with van der Waals surface area (Å²) in [4.78, 5) is 64.7. The second kappa shape index (κ2) is 10.1. The van der Waals surface area contributed by atoms with Gasteiger partial charge in [0.05, 0.1) is 12.7 Å². The summed E-state index contributed by atoms with van der Waals surface area (Å²) in [6.45, 7) is 0.945. The van der Waals surface area contributed by atoms with Gasteiger partial charge in [0, 0.05) is 37.8 Å². The molecule has 4 bridgehead atoms. The van der Waals surface area contributed by atoms with Gasteiger partial charge in [0.1, 0.15) is 6.26 Å². The first kappa shape index (κ1) is 29.2. The monoisotopic (exact) mass is 643 g/mol. The first-order chi connectivity index (χ1) is 21.9. The van der Waals surface area contributed by atoms with Crippen LogP contribution in [0.3, 0.4) is 0 Å². The molecule has 244 valence electrons. The summed E-state index contributed by atoms with van der Waals surface area (Å²) in [6.07, 6.45) is 1.00. The van der Waals surface area contributed by atoms with E-state index in [0.717, 1.165) is 76.0 Å². The molecule has 16 heteroatoms. The van der Waals surface area contributed by atoms with Crippen LogP contribution in [-0.2, 0) is 27.9 Å². The molecule has 4 saturated carbocycles. The molecule has 5 heterocycles. The van der Waals surface area contributed by atoms with E-state index in [4.69, 9.17) is 9.15 Å². The number of nitrogens with zero attached hydrogens (tertiary/aromatic N) is 6. The van der Waals surface area contributed by atoms with Crippen molar-refractivity contribution in [2.75, 3.05) is 24.5 Å². The molecule has 3 aromatic heterocycles. The molecule has 4 fully saturated rings. The number of ketones is 1. The lowest BCUT2D eigenvalue weighted by Crippen LogP contribution is -2.52. The second-order valence-electron chi connectivity index (χ2n) is 13.5. The zero-order valence-electron chi connectivity index (χ0n) is 25.0. The summed E-state index contributed by atoms with van der Waals surface area (Å²) in [5.41, 5.74) is -0.922. The molecule has 0 spiro atoms. The molecule has 3 aromatic rings. The van der Waals surface area contributed by atoms with Gasteiger partial charge < -0.3 is 19.4 Å². The van der Waals surface area contributed by atoms with Gasteiger partial charge in [-0.15, -0.1) is 0 Å². The van der Waals surface area contributed by atoms with Crippen LogP contribution in [-0.4, -0.2) is 61.2 Å². The molecule has 9 rings (SSSR count). The lowest BCUT2D eigenvalue weighted by Gasteiger charge is -2.56. The second-order valence-corrected chi connectivity index (χ2v) is 13.5. The maximum absolute atomic E-state index is 14.4. The Bertz CT molecular complexity index is 1890. The summed E-state index contributed by atoms with van der Waals surface area (Å²) >= 11 is 0. The fourth-order valence-electron chi connectivity index (χ4n) is 9.06. The maximum atomic E-state index is 14.4. The number of oxazole rings is 1. The van der Waals surface area contributed by atoms with Crippen LogP contribution in [0.25, 0.3) is 11.2 Å². The number of fused-ring (bicyclic) bond motifs is 1. The van der Waals surface area contributed by atoms with Crippen LogP contribution < -0.4 is 21.5 Å². The van der Waals surface area contributed by atoms with Crippen molar-refractivity contribution in [3.8, 4) is 0 Å². The minimum atomic E-state index is -5.38. The van der Waals surface area contributed by atoms with E-state index in [1.807, 2.05) is 0 Å². The van der Waals surface area contributed by atoms with Gasteiger partial charge in [-0.05, 0) is 68.3 Å². The van der Waals surface area contributed by atoms with E-state index in [1.165, 1.54) is 7.05 Å². The fraction of sp³-hybridized carbons (Fsp3) is 0.600. The van der Waals surface area contributed by atoms with Crippen molar-refractivity contribution in [1.82, 2.24) is 29.0 Å². The van der Waals surface area contributed by atoms with Gasteiger partial charge in [0.2, 0.25) is 5.95 Å². The molecule has 46 heavy (non-hydrogen) atoms. The van der Waals surface area contributed by atoms with Gasteiger partial charge in [0.25, 0.3) is 17.7 Å². The number of nitrogens with one attached hydrogen (secondary N) is 1. The molecule has 13 nitrogen and oxygen atoms in total. The highest BCUT2D eigenvalue weighted by atomic mass is 19.4. The first-order valence-corrected chi connectivity index (χ1v) is 15.5. The number of anilines is 1. The number of hydrogen-bond donors (Lipinski definition) is 1. The largest absolute Gasteiger partial charge is 0.491 e. The van der Waals surface area contributed by atoms with E-state index in [2.05, 4.69) is 15.3 Å². The van der Waals surface area contributed by atoms with Crippen LogP contribution in [0, 0.1) is 23.2 Å². The Morgan fingerprint density at radius 2 is 1.83 bits per heavy atom. The number of carbonyl (C=O) groups is 2. The highest BCUT2D eigenvalue weighted by Gasteiger charge is 2.54. The van der Waals surface area contributed by atoms with E-state index in [9.17, 15) is 32.3 Å². The van der Waals surface area contributed by atoms with Crippen molar-refractivity contribution >= 4 is 28.9 Å². The minimum Gasteiger partial charge on any atom is -0.444 e. The van der Waals surface area contributed by atoms with Crippen molar-refractivity contribution in [3.05, 3.63) is 50.5 Å². The topological polar surface area (TPSA) is 146 Å². The van der Waals surface area contributed by atoms with Crippen molar-refractivity contribution in [2.24, 2.45) is 30.2 Å². The molecule has 0 aromatic carbocycles. The molecule has 1 unspecified atom stereocenters. The predicted molar refractivity (Wildman–Crippen MR) is 153 cm³/mol. The third kappa shape index (κ3) is 4.39. The standard InChI is InChI=1S/C30H32F3N7O6/c1-37-22-21(24(42)39(28(37)44)14-20(41)29-9-15-6-16(10-29)8-17(7-15)11-29)40(27(36-22)38-4-2-18-12-34-13-19(18)38)25(23-35-3-5-45-23)46-26(43)30(31,32)33/h3,5,15-17,25,34H,2,4,6-14H2,1H3. The molecule has 0 amide bonds. The number of imidazole rings is 1. The smallest absolute Gasteiger partial charge is 0.444 e. The highest BCUT2D eigenvalue weighted by molar-refractivity contribution is 5.85. The SMILES string of the molecule is Cn1c(=O)n(CC(=O)C23CC4CC(CC(C4)C2)C3)c(=O)c2c1nc(N1CCC3=C1CNC3)n2C(OC(=O)C(F)(F)F)c1ncco1. The lowest BCUT2D eigenvalue weighted by molar-refractivity contribution is -0.207. The zero-order valence-corrected chi connectivity index (χ0v) is 25.0. The maximum Gasteiger partial charge on any atom is 0.491 e. The van der Waals surface area contributed by atoms with Gasteiger partial charge in [-0.2, -0.15) is 18.2 Å². The van der Waals surface area contributed by atoms with E-state index in [0.29, 0.717) is 43.8 Å². The molecule has 0 saturated heterocycles. The molecular weight excluding hydrogens is 611 g/mol. The van der Waals surface area contributed by atoms with Crippen LogP contribution in [0.15, 0.2) is 37.7 Å². The summed E-state index contributed by atoms with van der Waals surface area (Å²) in [5, 5.41) is 3.23. The Kier molecular flexibility index (Phi) is 6.44. The minimum absolute atomic E-state index is 0.0286. The number of aryl methyl sites for hydroxylation is 1. The van der Waals surface area contributed by atoms with Gasteiger partial charge >= 0.3 is 17.8 Å². The Morgan fingerprint density at radius 1 is 1.13 bits per heavy atom. The number of alkyl halides is 3. The molecular formula is C30H32F3N7O6. The first-order valence-electron chi connectivity index (χ1n) is 15.5. The number of ether oxygens (including phenoxy) is 1. The van der Waals surface area contributed by atoms with Crippen molar-refractivity contribution in [3.63, 3.8) is 0 Å². The van der Waals surface area contributed by atoms with E-state index < -0.39 is 47.5 Å². The third-order valence-electron chi connectivity index (χ3n) is 10.7. The van der Waals surface area contributed by atoms with Crippen LogP contribution in [0.5, 0.6) is 0 Å². The summed E-state index contributed by atoms with van der Waals surface area (Å²) in [7, 11) is 1.38. The summed E-state index contributed by atoms with van der Waals surface area (Å²) in [6, 6.07) is 0. The highest BCUT2D eigenvalue weighted by Crippen LogP contribution is 2.60. The van der Waals surface area contributed by atoms with Gasteiger partial charge in [-0.25, -0.2) is 14.6 Å². The molecule has 4 aliphatic carbocycles. The quantitative estimate of drug-likeness (QED) is 0.381. The number of hydrogen-bond acceptors (Lipinski definition) is 10. The average Bonchev–Trinajstić information content (AvgIpc) is 3.80. The molecule has 6 aliphatic rings. The van der Waals surface area contributed by atoms with Crippen molar-refractivity contribution < 1.29 is 31.9 Å². The Balaban J connectivity index is 1.30. The lowest BCUT2D eigenvalue weighted by atomic mass is 9.48. The molecule has 1 N–H and O–H groups in total. The van der Waals surface area contributed by atoms with Crippen LogP contribution in [0.4, 0.5) is 19.1 Å². The van der Waals surface area contributed by atoms with Gasteiger partial charge in [-0.1, -0.05) is 0 Å². The molecule has 2 aliphatic heterocycles. The van der Waals surface area contributed by atoms with Crippen molar-refractivity contribution in [1.29, 1.82) is 0 Å². The van der Waals surface area contributed by atoms with Crippen molar-refractivity contribution in [2.45, 2.75) is 63.9 Å². The zero-order chi connectivity index (χ0) is 32.1. The summed E-state index contributed by atoms with van der Waals surface area (Å²) < 4.78 is 54.0.